The summed E-state index contributed by atoms with van der Waals surface area (Å²) in [4.78, 5) is 0.0562. The molecule has 2 aromatic rings. The highest BCUT2D eigenvalue weighted by atomic mass is 35.7. The van der Waals surface area contributed by atoms with Crippen LogP contribution in [0.2, 0.25) is 10.0 Å². The average Bonchev–Trinajstić information content (AvgIpc) is 2.32. The molecule has 0 saturated carbocycles. The fraction of sp³-hybridized carbons (Fsp3) is 0.0769. The Morgan fingerprint density at radius 2 is 1.55 bits per heavy atom. The zero-order valence-electron chi connectivity index (χ0n) is 10.2. The lowest BCUT2D eigenvalue weighted by molar-refractivity contribution is 0.481. The molecule has 7 heteroatoms. The molecule has 0 saturated heterocycles. The Hall–Kier alpha value is -0.940. The van der Waals surface area contributed by atoms with Gasteiger partial charge in [0.25, 0.3) is 9.05 Å². The summed E-state index contributed by atoms with van der Waals surface area (Å²) in [6, 6.07) is 9.35. The number of hydrogen-bond acceptors (Lipinski definition) is 3. The molecule has 20 heavy (non-hydrogen) atoms. The van der Waals surface area contributed by atoms with E-state index in [2.05, 4.69) is 0 Å². The van der Waals surface area contributed by atoms with Crippen molar-refractivity contribution >= 4 is 42.9 Å². The predicted octanol–water partition coefficient (Wildman–Crippen LogP) is 5.02. The van der Waals surface area contributed by atoms with Crippen molar-refractivity contribution < 1.29 is 13.2 Å². The molecule has 0 radical (unpaired) electrons. The molecule has 0 atom stereocenters. The second kappa shape index (κ2) is 5.82. The highest BCUT2D eigenvalue weighted by Gasteiger charge is 2.14. The fourth-order valence-corrected chi connectivity index (χ4v) is 3.12. The first-order valence-corrected chi connectivity index (χ1v) is 8.52. The van der Waals surface area contributed by atoms with E-state index in [4.69, 9.17) is 38.6 Å². The smallest absolute Gasteiger partial charge is 0.261 e. The van der Waals surface area contributed by atoms with Gasteiger partial charge in [0.2, 0.25) is 0 Å². The van der Waals surface area contributed by atoms with Crippen molar-refractivity contribution in [2.75, 3.05) is 0 Å². The Labute approximate surface area is 131 Å². The van der Waals surface area contributed by atoms with Gasteiger partial charge < -0.3 is 4.74 Å². The van der Waals surface area contributed by atoms with Crippen molar-refractivity contribution in [1.29, 1.82) is 0 Å². The van der Waals surface area contributed by atoms with Crippen LogP contribution < -0.4 is 4.74 Å². The minimum atomic E-state index is -3.76. The molecule has 0 bridgehead atoms. The molecule has 2 rings (SSSR count). The van der Waals surface area contributed by atoms with E-state index in [0.29, 0.717) is 27.1 Å². The summed E-state index contributed by atoms with van der Waals surface area (Å²) in [7, 11) is 1.56. The molecule has 2 aromatic carbocycles. The molecule has 0 aliphatic heterocycles. The lowest BCUT2D eigenvalue weighted by atomic mass is 10.2. The van der Waals surface area contributed by atoms with E-state index in [0.717, 1.165) is 0 Å². The lowest BCUT2D eigenvalue weighted by Crippen LogP contribution is -1.95. The third-order valence-corrected chi connectivity index (χ3v) is 4.76. The molecule has 0 aliphatic rings. The number of hydrogen-bond donors (Lipinski definition) is 0. The van der Waals surface area contributed by atoms with Gasteiger partial charge in [-0.3, -0.25) is 0 Å². The summed E-state index contributed by atoms with van der Waals surface area (Å²) in [6.07, 6.45) is 0. The van der Waals surface area contributed by atoms with Crippen LogP contribution in [-0.4, -0.2) is 8.42 Å². The average molecular weight is 352 g/mol. The first-order chi connectivity index (χ1) is 9.27. The molecule has 0 unspecified atom stereocenters. The van der Waals surface area contributed by atoms with E-state index in [1.54, 1.807) is 31.2 Å². The summed E-state index contributed by atoms with van der Waals surface area (Å²) in [5, 5.41) is 0.805. The standard InChI is InChI=1S/C13H9Cl3O3S/c1-8-6-9(3-5-13(8)20(16,17)18)19-10-2-4-11(14)12(15)7-10/h2-7H,1H3. The Bertz CT molecular complexity index is 757. The SMILES string of the molecule is Cc1cc(Oc2ccc(Cl)c(Cl)c2)ccc1S(=O)(=O)Cl. The third-order valence-electron chi connectivity index (χ3n) is 2.54. The Kier molecular flexibility index (Phi) is 4.49. The quantitative estimate of drug-likeness (QED) is 0.729. The molecule has 0 N–H and O–H groups in total. The van der Waals surface area contributed by atoms with E-state index in [1.807, 2.05) is 0 Å². The van der Waals surface area contributed by atoms with E-state index < -0.39 is 9.05 Å². The largest absolute Gasteiger partial charge is 0.457 e. The second-order valence-corrected chi connectivity index (χ2v) is 7.39. The van der Waals surface area contributed by atoms with Crippen molar-refractivity contribution in [2.45, 2.75) is 11.8 Å². The van der Waals surface area contributed by atoms with Crippen LogP contribution in [0.3, 0.4) is 0 Å². The molecule has 3 nitrogen and oxygen atoms in total. The van der Waals surface area contributed by atoms with Gasteiger partial charge in [0, 0.05) is 16.7 Å². The van der Waals surface area contributed by atoms with E-state index in [9.17, 15) is 8.42 Å². The number of rotatable bonds is 3. The summed E-state index contributed by atoms with van der Waals surface area (Å²) >= 11 is 11.7. The van der Waals surface area contributed by atoms with Gasteiger partial charge in [-0.2, -0.15) is 0 Å². The van der Waals surface area contributed by atoms with Crippen LogP contribution in [0, 0.1) is 6.92 Å². The Morgan fingerprint density at radius 3 is 2.10 bits per heavy atom. The number of ether oxygens (including phenoxy) is 1. The van der Waals surface area contributed by atoms with Gasteiger partial charge >= 0.3 is 0 Å². The van der Waals surface area contributed by atoms with Crippen LogP contribution in [0.5, 0.6) is 11.5 Å². The third kappa shape index (κ3) is 3.58. The Morgan fingerprint density at radius 1 is 0.950 bits per heavy atom. The zero-order valence-corrected chi connectivity index (χ0v) is 13.3. The summed E-state index contributed by atoms with van der Waals surface area (Å²) < 4.78 is 28.2. The molecular weight excluding hydrogens is 343 g/mol. The number of benzene rings is 2. The second-order valence-electron chi connectivity index (χ2n) is 4.04. The summed E-state index contributed by atoms with van der Waals surface area (Å²) in [5.74, 6) is 0.977. The maximum atomic E-state index is 11.3. The number of halogens is 3. The van der Waals surface area contributed by atoms with Crippen LogP contribution in [0.1, 0.15) is 5.56 Å². The molecule has 0 fully saturated rings. The summed E-state index contributed by atoms with van der Waals surface area (Å²) in [5.41, 5.74) is 0.498. The zero-order chi connectivity index (χ0) is 14.9. The minimum absolute atomic E-state index is 0.0562. The maximum Gasteiger partial charge on any atom is 0.261 e. The molecule has 106 valence electrons. The molecule has 0 aromatic heterocycles. The monoisotopic (exact) mass is 350 g/mol. The van der Waals surface area contributed by atoms with E-state index >= 15 is 0 Å². The van der Waals surface area contributed by atoms with Crippen LogP contribution in [0.25, 0.3) is 0 Å². The first kappa shape index (κ1) is 15.4. The van der Waals surface area contributed by atoms with Crippen molar-refractivity contribution in [3.63, 3.8) is 0 Å². The topological polar surface area (TPSA) is 43.4 Å². The van der Waals surface area contributed by atoms with E-state index in [-0.39, 0.29) is 4.90 Å². The molecule has 0 aliphatic carbocycles. The first-order valence-electron chi connectivity index (χ1n) is 5.45. The predicted molar refractivity (Wildman–Crippen MR) is 80.8 cm³/mol. The van der Waals surface area contributed by atoms with Gasteiger partial charge in [-0.1, -0.05) is 23.2 Å². The molecular formula is C13H9Cl3O3S. The van der Waals surface area contributed by atoms with Crippen LogP contribution >= 0.6 is 33.9 Å². The van der Waals surface area contributed by atoms with Crippen LogP contribution in [0.4, 0.5) is 0 Å². The highest BCUT2D eigenvalue weighted by molar-refractivity contribution is 8.13. The highest BCUT2D eigenvalue weighted by Crippen LogP contribution is 2.31. The van der Waals surface area contributed by atoms with Crippen molar-refractivity contribution in [3.8, 4) is 11.5 Å². The van der Waals surface area contributed by atoms with Gasteiger partial charge in [-0.25, -0.2) is 8.42 Å². The molecule has 0 amide bonds. The normalized spacial score (nSPS) is 11.4. The van der Waals surface area contributed by atoms with Crippen LogP contribution in [0.15, 0.2) is 41.3 Å². The van der Waals surface area contributed by atoms with Gasteiger partial charge in [0.05, 0.1) is 14.9 Å². The van der Waals surface area contributed by atoms with Crippen molar-refractivity contribution in [2.24, 2.45) is 0 Å². The van der Waals surface area contributed by atoms with Crippen molar-refractivity contribution in [1.82, 2.24) is 0 Å². The van der Waals surface area contributed by atoms with Gasteiger partial charge in [0.15, 0.2) is 0 Å². The van der Waals surface area contributed by atoms with Gasteiger partial charge in [0.1, 0.15) is 11.5 Å². The van der Waals surface area contributed by atoms with Crippen LogP contribution in [-0.2, 0) is 9.05 Å². The van der Waals surface area contributed by atoms with E-state index in [1.165, 1.54) is 12.1 Å². The maximum absolute atomic E-state index is 11.3. The van der Waals surface area contributed by atoms with Gasteiger partial charge in [-0.15, -0.1) is 0 Å². The fourth-order valence-electron chi connectivity index (χ4n) is 1.64. The Balaban J connectivity index is 2.31. The molecule has 0 heterocycles. The van der Waals surface area contributed by atoms with Gasteiger partial charge in [-0.05, 0) is 42.8 Å². The molecule has 0 spiro atoms. The van der Waals surface area contributed by atoms with Crippen molar-refractivity contribution in [3.05, 3.63) is 52.0 Å². The number of aryl methyl sites for hydroxylation is 1. The summed E-state index contributed by atoms with van der Waals surface area (Å²) in [6.45, 7) is 1.64. The lowest BCUT2D eigenvalue weighted by Gasteiger charge is -2.09. The minimum Gasteiger partial charge on any atom is -0.457 e.